The van der Waals surface area contributed by atoms with Gasteiger partial charge in [-0.1, -0.05) is 13.8 Å². The third-order valence-corrected chi connectivity index (χ3v) is 3.95. The van der Waals surface area contributed by atoms with Crippen LogP contribution in [0, 0.1) is 5.92 Å². The van der Waals surface area contributed by atoms with E-state index >= 15 is 0 Å². The fourth-order valence-corrected chi connectivity index (χ4v) is 2.46. The monoisotopic (exact) mass is 347 g/mol. The molecule has 0 saturated carbocycles. The van der Waals surface area contributed by atoms with Gasteiger partial charge < -0.3 is 14.8 Å². The number of nitrogens with zero attached hydrogens (tertiary/aromatic N) is 2. The SMILES string of the molecule is COc1cc2ncn(CCC(=O)NCCC(C)C)c(=O)c2cc1OC. The average molecular weight is 347 g/mol. The number of benzene rings is 1. The van der Waals surface area contributed by atoms with E-state index in [1.54, 1.807) is 12.1 Å². The lowest BCUT2D eigenvalue weighted by atomic mass is 10.1. The molecule has 0 spiro atoms. The molecule has 1 heterocycles. The molecule has 0 unspecified atom stereocenters. The highest BCUT2D eigenvalue weighted by molar-refractivity contribution is 5.81. The van der Waals surface area contributed by atoms with E-state index in [0.29, 0.717) is 34.9 Å². The Bertz CT molecular complexity index is 799. The van der Waals surface area contributed by atoms with E-state index in [2.05, 4.69) is 24.1 Å². The van der Waals surface area contributed by atoms with Gasteiger partial charge >= 0.3 is 0 Å². The Morgan fingerprint density at radius 1 is 1.24 bits per heavy atom. The minimum atomic E-state index is -0.207. The largest absolute Gasteiger partial charge is 0.493 e. The fourth-order valence-electron chi connectivity index (χ4n) is 2.46. The van der Waals surface area contributed by atoms with Gasteiger partial charge in [0.15, 0.2) is 11.5 Å². The standard InChI is InChI=1S/C18H25N3O4/c1-12(2)5-7-19-17(22)6-8-21-11-20-14-10-16(25-4)15(24-3)9-13(14)18(21)23/h9-12H,5-8H2,1-4H3,(H,19,22). The van der Waals surface area contributed by atoms with Crippen LogP contribution in [0.4, 0.5) is 0 Å². The molecular formula is C18H25N3O4. The second kappa shape index (κ2) is 8.50. The van der Waals surface area contributed by atoms with Crippen molar-refractivity contribution in [2.24, 2.45) is 5.92 Å². The zero-order valence-corrected chi connectivity index (χ0v) is 15.2. The molecule has 0 bridgehead atoms. The first-order valence-electron chi connectivity index (χ1n) is 8.34. The summed E-state index contributed by atoms with van der Waals surface area (Å²) in [7, 11) is 3.04. The van der Waals surface area contributed by atoms with Crippen molar-refractivity contribution in [3.8, 4) is 11.5 Å². The molecule has 7 nitrogen and oxygen atoms in total. The summed E-state index contributed by atoms with van der Waals surface area (Å²) in [5, 5.41) is 3.29. The summed E-state index contributed by atoms with van der Waals surface area (Å²) in [6.07, 6.45) is 2.63. The maximum atomic E-state index is 12.6. The lowest BCUT2D eigenvalue weighted by molar-refractivity contribution is -0.121. The van der Waals surface area contributed by atoms with Gasteiger partial charge in [0.2, 0.25) is 5.91 Å². The van der Waals surface area contributed by atoms with Gasteiger partial charge in [-0.3, -0.25) is 14.2 Å². The highest BCUT2D eigenvalue weighted by Crippen LogP contribution is 2.29. The topological polar surface area (TPSA) is 82.5 Å². The van der Waals surface area contributed by atoms with Crippen LogP contribution in [0.1, 0.15) is 26.7 Å². The summed E-state index contributed by atoms with van der Waals surface area (Å²) in [6.45, 7) is 5.15. The number of aromatic nitrogens is 2. The first-order valence-corrected chi connectivity index (χ1v) is 8.34. The molecule has 1 amide bonds. The normalized spacial score (nSPS) is 10.9. The Hall–Kier alpha value is -2.57. The second-order valence-electron chi connectivity index (χ2n) is 6.25. The van der Waals surface area contributed by atoms with Crippen LogP contribution in [0.15, 0.2) is 23.3 Å². The number of rotatable bonds is 8. The molecule has 0 radical (unpaired) electrons. The zero-order chi connectivity index (χ0) is 18.4. The van der Waals surface area contributed by atoms with Gasteiger partial charge in [-0.05, 0) is 18.4 Å². The molecule has 0 aliphatic carbocycles. The van der Waals surface area contributed by atoms with E-state index in [1.807, 2.05) is 0 Å². The van der Waals surface area contributed by atoms with E-state index in [1.165, 1.54) is 25.1 Å². The molecule has 2 rings (SSSR count). The van der Waals surface area contributed by atoms with Gasteiger partial charge in [0.25, 0.3) is 5.56 Å². The quantitative estimate of drug-likeness (QED) is 0.789. The highest BCUT2D eigenvalue weighted by Gasteiger charge is 2.11. The third-order valence-electron chi connectivity index (χ3n) is 3.95. The van der Waals surface area contributed by atoms with Crippen molar-refractivity contribution < 1.29 is 14.3 Å². The maximum absolute atomic E-state index is 12.6. The fraction of sp³-hybridized carbons (Fsp3) is 0.500. The summed E-state index contributed by atoms with van der Waals surface area (Å²) in [4.78, 5) is 28.8. The summed E-state index contributed by atoms with van der Waals surface area (Å²) < 4.78 is 11.9. The third kappa shape index (κ3) is 4.71. The smallest absolute Gasteiger partial charge is 0.261 e. The van der Waals surface area contributed by atoms with Gasteiger partial charge in [0.05, 0.1) is 31.4 Å². The second-order valence-corrected chi connectivity index (χ2v) is 6.25. The van der Waals surface area contributed by atoms with Crippen LogP contribution < -0.4 is 20.3 Å². The van der Waals surface area contributed by atoms with Crippen LogP contribution >= 0.6 is 0 Å². The lowest BCUT2D eigenvalue weighted by Crippen LogP contribution is -2.28. The number of carbonyl (C=O) groups excluding carboxylic acids is 1. The molecule has 0 fully saturated rings. The Morgan fingerprint density at radius 3 is 2.56 bits per heavy atom. The number of carbonyl (C=O) groups is 1. The van der Waals surface area contributed by atoms with Gasteiger partial charge in [0.1, 0.15) is 0 Å². The molecule has 0 aliphatic rings. The van der Waals surface area contributed by atoms with E-state index < -0.39 is 0 Å². The van der Waals surface area contributed by atoms with Crippen molar-refractivity contribution in [2.75, 3.05) is 20.8 Å². The Labute approximate surface area is 147 Å². The summed E-state index contributed by atoms with van der Waals surface area (Å²) in [5.74, 6) is 1.46. The molecule has 2 aromatic rings. The number of aryl methyl sites for hydroxylation is 1. The van der Waals surface area contributed by atoms with Crippen molar-refractivity contribution in [1.29, 1.82) is 0 Å². The van der Waals surface area contributed by atoms with Crippen LogP contribution in [0.3, 0.4) is 0 Å². The number of fused-ring (bicyclic) bond motifs is 1. The number of hydrogen-bond donors (Lipinski definition) is 1. The average Bonchev–Trinajstić information content (AvgIpc) is 2.59. The molecule has 1 aromatic carbocycles. The van der Waals surface area contributed by atoms with Crippen LogP contribution in [0.2, 0.25) is 0 Å². The minimum absolute atomic E-state index is 0.0695. The van der Waals surface area contributed by atoms with Crippen LogP contribution in [-0.4, -0.2) is 36.2 Å². The zero-order valence-electron chi connectivity index (χ0n) is 15.2. The number of amides is 1. The van der Waals surface area contributed by atoms with Crippen molar-refractivity contribution in [3.05, 3.63) is 28.8 Å². The van der Waals surface area contributed by atoms with E-state index in [4.69, 9.17) is 9.47 Å². The summed E-state index contributed by atoms with van der Waals surface area (Å²) in [6, 6.07) is 3.28. The number of nitrogens with one attached hydrogen (secondary N) is 1. The lowest BCUT2D eigenvalue weighted by Gasteiger charge is -2.11. The van der Waals surface area contributed by atoms with Crippen molar-refractivity contribution in [2.45, 2.75) is 33.2 Å². The van der Waals surface area contributed by atoms with Crippen LogP contribution in [0.5, 0.6) is 11.5 Å². The molecule has 136 valence electrons. The van der Waals surface area contributed by atoms with Crippen molar-refractivity contribution in [1.82, 2.24) is 14.9 Å². The van der Waals surface area contributed by atoms with Gasteiger partial charge in [-0.25, -0.2) is 4.98 Å². The van der Waals surface area contributed by atoms with Crippen molar-refractivity contribution in [3.63, 3.8) is 0 Å². The molecule has 1 N–H and O–H groups in total. The minimum Gasteiger partial charge on any atom is -0.493 e. The molecule has 0 saturated heterocycles. The van der Waals surface area contributed by atoms with Gasteiger partial charge in [-0.15, -0.1) is 0 Å². The van der Waals surface area contributed by atoms with Gasteiger partial charge in [-0.2, -0.15) is 0 Å². The number of methoxy groups -OCH3 is 2. The first-order chi connectivity index (χ1) is 12.0. The Morgan fingerprint density at radius 2 is 1.92 bits per heavy atom. The van der Waals surface area contributed by atoms with Crippen LogP contribution in [-0.2, 0) is 11.3 Å². The first kappa shape index (κ1) is 18.8. The van der Waals surface area contributed by atoms with Crippen LogP contribution in [0.25, 0.3) is 10.9 Å². The summed E-state index contributed by atoms with van der Waals surface area (Å²) >= 11 is 0. The predicted molar refractivity (Wildman–Crippen MR) is 96.2 cm³/mol. The molecule has 0 atom stereocenters. The summed E-state index contributed by atoms with van der Waals surface area (Å²) in [5.41, 5.74) is 0.321. The molecule has 1 aromatic heterocycles. The molecule has 7 heteroatoms. The number of hydrogen-bond acceptors (Lipinski definition) is 5. The van der Waals surface area contributed by atoms with Gasteiger partial charge in [0, 0.05) is 25.6 Å². The van der Waals surface area contributed by atoms with E-state index in [-0.39, 0.29) is 24.4 Å². The number of ether oxygens (including phenoxy) is 2. The molecular weight excluding hydrogens is 322 g/mol. The Kier molecular flexibility index (Phi) is 6.38. The Balaban J connectivity index is 2.13. The molecule has 0 aliphatic heterocycles. The van der Waals surface area contributed by atoms with E-state index in [0.717, 1.165) is 6.42 Å². The molecule has 25 heavy (non-hydrogen) atoms. The predicted octanol–water partition coefficient (Wildman–Crippen LogP) is 1.97. The highest BCUT2D eigenvalue weighted by atomic mass is 16.5. The maximum Gasteiger partial charge on any atom is 0.261 e. The van der Waals surface area contributed by atoms with E-state index in [9.17, 15) is 9.59 Å². The van der Waals surface area contributed by atoms with Crippen molar-refractivity contribution >= 4 is 16.8 Å².